The minimum atomic E-state index is -0.289. The molecule has 1 amide bonds. The van der Waals surface area contributed by atoms with E-state index in [1.54, 1.807) is 24.3 Å². The van der Waals surface area contributed by atoms with Crippen molar-refractivity contribution >= 4 is 11.7 Å². The van der Waals surface area contributed by atoms with Crippen LogP contribution < -0.4 is 5.32 Å². The quantitative estimate of drug-likeness (QED) is 0.866. The van der Waals surface area contributed by atoms with Gasteiger partial charge in [-0.15, -0.1) is 0 Å². The van der Waals surface area contributed by atoms with Crippen molar-refractivity contribution in [3.05, 3.63) is 46.8 Å². The van der Waals surface area contributed by atoms with Crippen LogP contribution in [0.2, 0.25) is 0 Å². The summed E-state index contributed by atoms with van der Waals surface area (Å²) in [7, 11) is 0. The summed E-state index contributed by atoms with van der Waals surface area (Å²) in [5.74, 6) is -0.488. The average Bonchev–Trinajstić information content (AvgIpc) is 2.74. The van der Waals surface area contributed by atoms with Gasteiger partial charge >= 0.3 is 0 Å². The van der Waals surface area contributed by atoms with Crippen molar-refractivity contribution in [3.8, 4) is 0 Å². The Kier molecular flexibility index (Phi) is 3.36. The first kappa shape index (κ1) is 13.0. The Bertz CT molecular complexity index is 566. The van der Waals surface area contributed by atoms with Crippen LogP contribution in [0.4, 0.5) is 4.39 Å². The van der Waals surface area contributed by atoms with Crippen LogP contribution in [-0.2, 0) is 0 Å². The van der Waals surface area contributed by atoms with E-state index in [1.165, 1.54) is 4.90 Å². The molecule has 0 aliphatic carbocycles. The fourth-order valence-electron chi connectivity index (χ4n) is 2.66. The maximum Gasteiger partial charge on any atom is 0.260 e. The lowest BCUT2D eigenvalue weighted by atomic mass is 10.1. The fourth-order valence-corrected chi connectivity index (χ4v) is 2.66. The molecule has 4 nitrogen and oxygen atoms in total. The summed E-state index contributed by atoms with van der Waals surface area (Å²) in [6, 6.07) is 6.94. The van der Waals surface area contributed by atoms with Gasteiger partial charge in [-0.2, -0.15) is 0 Å². The monoisotopic (exact) mass is 273 g/mol. The van der Waals surface area contributed by atoms with Gasteiger partial charge in [-0.05, 0) is 31.0 Å². The van der Waals surface area contributed by atoms with Gasteiger partial charge in [0.05, 0.1) is 12.1 Å². The third-order valence-electron chi connectivity index (χ3n) is 3.78. The van der Waals surface area contributed by atoms with Crippen molar-refractivity contribution in [2.75, 3.05) is 19.6 Å². The third kappa shape index (κ3) is 2.14. The highest BCUT2D eigenvalue weighted by atomic mass is 19.1. The van der Waals surface area contributed by atoms with Crippen LogP contribution in [-0.4, -0.2) is 36.3 Å². The van der Waals surface area contributed by atoms with E-state index in [2.05, 4.69) is 5.32 Å². The molecule has 2 heterocycles. The molecule has 1 saturated heterocycles. The zero-order chi connectivity index (χ0) is 14.1. The molecule has 0 aromatic heterocycles. The van der Waals surface area contributed by atoms with Crippen molar-refractivity contribution in [2.24, 2.45) is 0 Å². The van der Waals surface area contributed by atoms with Gasteiger partial charge in [-0.1, -0.05) is 18.2 Å². The van der Waals surface area contributed by atoms with Gasteiger partial charge in [-0.25, -0.2) is 4.39 Å². The van der Waals surface area contributed by atoms with E-state index in [0.29, 0.717) is 23.2 Å². The second-order valence-corrected chi connectivity index (χ2v) is 5.07. The molecule has 104 valence electrons. The summed E-state index contributed by atoms with van der Waals surface area (Å²) in [5.41, 5.74) is 1.78. The van der Waals surface area contributed by atoms with Crippen molar-refractivity contribution in [1.82, 2.24) is 10.2 Å². The predicted octanol–water partition coefficient (Wildman–Crippen LogP) is 2.07. The highest BCUT2D eigenvalue weighted by Crippen LogP contribution is 2.25. The lowest BCUT2D eigenvalue weighted by Crippen LogP contribution is -2.33. The topological polar surface area (TPSA) is 56.2 Å². The molecule has 1 fully saturated rings. The van der Waals surface area contributed by atoms with Gasteiger partial charge in [0.1, 0.15) is 11.7 Å². The second kappa shape index (κ2) is 5.17. The number of carbonyl (C=O) groups is 1. The van der Waals surface area contributed by atoms with E-state index < -0.39 is 0 Å². The van der Waals surface area contributed by atoms with Gasteiger partial charge in [0.15, 0.2) is 0 Å². The van der Waals surface area contributed by atoms with E-state index >= 15 is 0 Å². The minimum Gasteiger partial charge on any atom is -0.313 e. The smallest absolute Gasteiger partial charge is 0.260 e. The SMILES string of the molecule is N=C1c2ccccc2C(=O)N1C/C(F)=C1/CCCNC1. The molecular weight excluding hydrogens is 257 g/mol. The minimum absolute atomic E-state index is 0.0881. The Morgan fingerprint density at radius 2 is 2.10 bits per heavy atom. The van der Waals surface area contributed by atoms with Crippen LogP contribution in [0.15, 0.2) is 35.7 Å². The van der Waals surface area contributed by atoms with E-state index in [4.69, 9.17) is 5.41 Å². The maximum atomic E-state index is 14.3. The Morgan fingerprint density at radius 1 is 1.35 bits per heavy atom. The number of hydrogen-bond acceptors (Lipinski definition) is 3. The first-order valence-electron chi connectivity index (χ1n) is 6.75. The van der Waals surface area contributed by atoms with Crippen LogP contribution in [0.25, 0.3) is 0 Å². The zero-order valence-corrected chi connectivity index (χ0v) is 11.1. The molecule has 0 radical (unpaired) electrons. The van der Waals surface area contributed by atoms with Gasteiger partial charge in [0.2, 0.25) is 0 Å². The second-order valence-electron chi connectivity index (χ2n) is 5.07. The molecule has 0 unspecified atom stereocenters. The molecule has 2 N–H and O–H groups in total. The number of nitrogens with zero attached hydrogens (tertiary/aromatic N) is 1. The molecule has 3 rings (SSSR count). The lowest BCUT2D eigenvalue weighted by Gasteiger charge is -2.20. The number of piperidine rings is 1. The van der Waals surface area contributed by atoms with Gasteiger partial charge in [0, 0.05) is 12.1 Å². The molecule has 0 spiro atoms. The molecule has 1 aromatic rings. The number of rotatable bonds is 2. The Labute approximate surface area is 116 Å². The van der Waals surface area contributed by atoms with Crippen LogP contribution in [0.5, 0.6) is 0 Å². The van der Waals surface area contributed by atoms with Gasteiger partial charge in [-0.3, -0.25) is 15.1 Å². The van der Waals surface area contributed by atoms with Crippen LogP contribution in [0.3, 0.4) is 0 Å². The first-order valence-corrected chi connectivity index (χ1v) is 6.75. The van der Waals surface area contributed by atoms with E-state index in [1.807, 2.05) is 0 Å². The number of amidine groups is 1. The molecule has 2 aliphatic rings. The summed E-state index contributed by atoms with van der Waals surface area (Å²) in [4.78, 5) is 13.4. The number of benzene rings is 1. The van der Waals surface area contributed by atoms with Crippen LogP contribution in [0.1, 0.15) is 28.8 Å². The Hall–Kier alpha value is -2.01. The normalized spacial score (nSPS) is 21.1. The number of amides is 1. The number of carbonyl (C=O) groups excluding carboxylic acids is 1. The summed E-state index contributed by atoms with van der Waals surface area (Å²) in [6.45, 7) is 1.30. The molecule has 1 aromatic carbocycles. The van der Waals surface area contributed by atoms with Gasteiger partial charge < -0.3 is 5.32 Å². The first-order chi connectivity index (χ1) is 9.68. The molecule has 0 atom stereocenters. The van der Waals surface area contributed by atoms with Crippen molar-refractivity contribution in [1.29, 1.82) is 5.41 Å². The lowest BCUT2D eigenvalue weighted by molar-refractivity contribution is 0.0862. The van der Waals surface area contributed by atoms with E-state index in [9.17, 15) is 9.18 Å². The highest BCUT2D eigenvalue weighted by molar-refractivity contribution is 6.22. The van der Waals surface area contributed by atoms with Crippen molar-refractivity contribution in [2.45, 2.75) is 12.8 Å². The third-order valence-corrected chi connectivity index (χ3v) is 3.78. The molecule has 0 saturated carbocycles. The average molecular weight is 273 g/mol. The van der Waals surface area contributed by atoms with Crippen LogP contribution in [0, 0.1) is 5.41 Å². The van der Waals surface area contributed by atoms with Crippen LogP contribution >= 0.6 is 0 Å². The van der Waals surface area contributed by atoms with E-state index in [0.717, 1.165) is 19.4 Å². The zero-order valence-electron chi connectivity index (χ0n) is 11.1. The number of hydrogen-bond donors (Lipinski definition) is 2. The maximum absolute atomic E-state index is 14.3. The largest absolute Gasteiger partial charge is 0.313 e. The summed E-state index contributed by atoms with van der Waals surface area (Å²) in [6.07, 6.45) is 1.63. The van der Waals surface area contributed by atoms with E-state index in [-0.39, 0.29) is 24.1 Å². The van der Waals surface area contributed by atoms with Crippen molar-refractivity contribution < 1.29 is 9.18 Å². The predicted molar refractivity (Wildman–Crippen MR) is 74.5 cm³/mol. The molecular formula is C15H16FN3O. The summed E-state index contributed by atoms with van der Waals surface area (Å²) in [5, 5.41) is 11.2. The molecule has 20 heavy (non-hydrogen) atoms. The molecule has 5 heteroatoms. The standard InChI is InChI=1S/C15H16FN3O/c16-13(10-4-3-7-18-8-10)9-19-14(17)11-5-1-2-6-12(11)15(19)20/h1-2,5-6,17-18H,3-4,7-9H2/b13-10+,17-14?. The summed E-state index contributed by atoms with van der Waals surface area (Å²) >= 11 is 0. The molecule has 2 aliphatic heterocycles. The number of fused-ring (bicyclic) bond motifs is 1. The number of nitrogens with one attached hydrogen (secondary N) is 2. The molecule has 0 bridgehead atoms. The Morgan fingerprint density at radius 3 is 2.75 bits per heavy atom. The highest BCUT2D eigenvalue weighted by Gasteiger charge is 2.33. The summed E-state index contributed by atoms with van der Waals surface area (Å²) < 4.78 is 14.3. The van der Waals surface area contributed by atoms with Crippen molar-refractivity contribution in [3.63, 3.8) is 0 Å². The Balaban J connectivity index is 1.83. The van der Waals surface area contributed by atoms with Gasteiger partial charge in [0.25, 0.3) is 5.91 Å². The fraction of sp³-hybridized carbons (Fsp3) is 0.333. The number of halogens is 1.